The average molecular weight is 471 g/mol. The number of benzene rings is 2. The molecule has 3 heterocycles. The number of aromatic nitrogens is 3. The van der Waals surface area contributed by atoms with Crippen LogP contribution >= 0.6 is 0 Å². The number of piperazine rings is 1. The fraction of sp³-hybridized carbons (Fsp3) is 0.393. The number of para-hydroxylation sites is 1. The van der Waals surface area contributed by atoms with E-state index in [-0.39, 0.29) is 5.91 Å². The molecule has 0 bridgehead atoms. The van der Waals surface area contributed by atoms with E-state index in [1.807, 2.05) is 29.6 Å². The van der Waals surface area contributed by atoms with Gasteiger partial charge in [0.2, 0.25) is 5.91 Å². The predicted molar refractivity (Wildman–Crippen MR) is 141 cm³/mol. The van der Waals surface area contributed by atoms with E-state index in [0.717, 1.165) is 79.2 Å². The Bertz CT molecular complexity index is 1310. The smallest absolute Gasteiger partial charge is 0.220 e. The predicted octanol–water partition coefficient (Wildman–Crippen LogP) is 3.76. The van der Waals surface area contributed by atoms with Crippen LogP contribution in [0.1, 0.15) is 29.8 Å². The van der Waals surface area contributed by atoms with Gasteiger partial charge in [0.05, 0.1) is 5.52 Å². The van der Waals surface area contributed by atoms with Gasteiger partial charge < -0.3 is 10.2 Å². The first-order valence-corrected chi connectivity index (χ1v) is 12.6. The Hall–Kier alpha value is -3.45. The molecule has 182 valence electrons. The fourth-order valence-corrected chi connectivity index (χ4v) is 5.06. The maximum absolute atomic E-state index is 12.5. The SMILES string of the molecule is Cc1nc2c3ccccc3nn2c(C)c1CCC(=O)NCCCN1CCN(c2ccccc2)CC1. The third kappa shape index (κ3) is 5.15. The van der Waals surface area contributed by atoms with Crippen LogP contribution in [0.4, 0.5) is 5.69 Å². The molecule has 5 rings (SSSR count). The lowest BCUT2D eigenvalue weighted by atomic mass is 10.1. The van der Waals surface area contributed by atoms with Crippen molar-refractivity contribution in [3.63, 3.8) is 0 Å². The number of amides is 1. The summed E-state index contributed by atoms with van der Waals surface area (Å²) in [6.45, 7) is 10.1. The molecule has 1 N–H and O–H groups in total. The Morgan fingerprint density at radius 2 is 1.71 bits per heavy atom. The Balaban J connectivity index is 1.07. The zero-order chi connectivity index (χ0) is 24.2. The Morgan fingerprint density at radius 3 is 2.51 bits per heavy atom. The minimum atomic E-state index is 0.100. The van der Waals surface area contributed by atoms with E-state index in [1.165, 1.54) is 5.69 Å². The van der Waals surface area contributed by atoms with E-state index in [4.69, 9.17) is 10.1 Å². The molecular weight excluding hydrogens is 436 g/mol. The summed E-state index contributed by atoms with van der Waals surface area (Å²) < 4.78 is 1.92. The molecule has 1 aliphatic rings. The normalized spacial score (nSPS) is 14.6. The maximum Gasteiger partial charge on any atom is 0.220 e. The second-order valence-corrected chi connectivity index (χ2v) is 9.38. The van der Waals surface area contributed by atoms with Gasteiger partial charge >= 0.3 is 0 Å². The summed E-state index contributed by atoms with van der Waals surface area (Å²) in [5.41, 5.74) is 6.28. The summed E-state index contributed by atoms with van der Waals surface area (Å²) >= 11 is 0. The maximum atomic E-state index is 12.5. The van der Waals surface area contributed by atoms with E-state index in [9.17, 15) is 4.79 Å². The van der Waals surface area contributed by atoms with Crippen molar-refractivity contribution >= 4 is 28.1 Å². The van der Waals surface area contributed by atoms with Gasteiger partial charge in [0, 0.05) is 61.6 Å². The molecule has 0 aliphatic carbocycles. The van der Waals surface area contributed by atoms with E-state index < -0.39 is 0 Å². The van der Waals surface area contributed by atoms with Crippen LogP contribution in [0.25, 0.3) is 16.6 Å². The highest BCUT2D eigenvalue weighted by atomic mass is 16.1. The minimum Gasteiger partial charge on any atom is -0.369 e. The molecule has 1 aliphatic heterocycles. The van der Waals surface area contributed by atoms with Gasteiger partial charge in [-0.05, 0) is 63.1 Å². The molecule has 0 atom stereocenters. The molecule has 0 radical (unpaired) electrons. The van der Waals surface area contributed by atoms with Crippen molar-refractivity contribution in [1.29, 1.82) is 0 Å². The van der Waals surface area contributed by atoms with Crippen LogP contribution in [-0.4, -0.2) is 64.7 Å². The number of fused-ring (bicyclic) bond motifs is 3. The van der Waals surface area contributed by atoms with Crippen LogP contribution < -0.4 is 10.2 Å². The molecule has 0 spiro atoms. The van der Waals surface area contributed by atoms with Gasteiger partial charge in [0.25, 0.3) is 0 Å². The van der Waals surface area contributed by atoms with Crippen molar-refractivity contribution in [1.82, 2.24) is 24.8 Å². The highest BCUT2D eigenvalue weighted by Crippen LogP contribution is 2.23. The molecule has 0 saturated carbocycles. The third-order valence-electron chi connectivity index (χ3n) is 7.09. The monoisotopic (exact) mass is 470 g/mol. The Labute approximate surface area is 206 Å². The number of nitrogens with zero attached hydrogens (tertiary/aromatic N) is 5. The molecule has 0 unspecified atom stereocenters. The molecule has 2 aromatic carbocycles. The highest BCUT2D eigenvalue weighted by molar-refractivity contribution is 5.92. The highest BCUT2D eigenvalue weighted by Gasteiger charge is 2.17. The van der Waals surface area contributed by atoms with E-state index in [1.54, 1.807) is 0 Å². The van der Waals surface area contributed by atoms with Crippen LogP contribution in [0.5, 0.6) is 0 Å². The molecular formula is C28H34N6O. The van der Waals surface area contributed by atoms with Crippen molar-refractivity contribution in [2.24, 2.45) is 0 Å². The summed E-state index contributed by atoms with van der Waals surface area (Å²) in [4.78, 5) is 22.3. The summed E-state index contributed by atoms with van der Waals surface area (Å²) in [7, 11) is 0. The topological polar surface area (TPSA) is 65.8 Å². The summed E-state index contributed by atoms with van der Waals surface area (Å²) in [6.07, 6.45) is 2.11. The second-order valence-electron chi connectivity index (χ2n) is 9.38. The van der Waals surface area contributed by atoms with Crippen molar-refractivity contribution in [3.05, 3.63) is 71.5 Å². The van der Waals surface area contributed by atoms with Crippen LogP contribution in [0.15, 0.2) is 54.6 Å². The van der Waals surface area contributed by atoms with Gasteiger partial charge in [-0.2, -0.15) is 5.10 Å². The molecule has 4 aromatic rings. The zero-order valence-corrected chi connectivity index (χ0v) is 20.7. The first kappa shape index (κ1) is 23.3. The molecule has 1 amide bonds. The number of carbonyl (C=O) groups is 1. The van der Waals surface area contributed by atoms with Gasteiger partial charge in [-0.25, -0.2) is 9.50 Å². The lowest BCUT2D eigenvalue weighted by Gasteiger charge is -2.36. The van der Waals surface area contributed by atoms with Crippen LogP contribution in [0, 0.1) is 13.8 Å². The molecule has 7 heteroatoms. The van der Waals surface area contributed by atoms with E-state index in [0.29, 0.717) is 12.8 Å². The summed E-state index contributed by atoms with van der Waals surface area (Å²) in [6, 6.07) is 18.7. The number of aryl methyl sites for hydroxylation is 2. The van der Waals surface area contributed by atoms with Gasteiger partial charge in [-0.1, -0.05) is 30.3 Å². The van der Waals surface area contributed by atoms with Crippen molar-refractivity contribution < 1.29 is 4.79 Å². The molecule has 2 aromatic heterocycles. The van der Waals surface area contributed by atoms with Gasteiger partial charge in [0.1, 0.15) is 0 Å². The van der Waals surface area contributed by atoms with Crippen molar-refractivity contribution in [3.8, 4) is 0 Å². The second kappa shape index (κ2) is 10.4. The van der Waals surface area contributed by atoms with Crippen LogP contribution in [0.3, 0.4) is 0 Å². The standard InChI is InChI=1S/C28H34N6O/c1-21-24(22(2)34-28(30-21)25-11-6-7-12-26(25)31-34)13-14-27(35)29-15-8-16-32-17-19-33(20-18-32)23-9-4-3-5-10-23/h3-7,9-12H,8,13-20H2,1-2H3,(H,29,35). The van der Waals surface area contributed by atoms with Gasteiger partial charge in [-0.3, -0.25) is 9.69 Å². The molecule has 1 fully saturated rings. The molecule has 35 heavy (non-hydrogen) atoms. The zero-order valence-electron chi connectivity index (χ0n) is 20.7. The minimum absolute atomic E-state index is 0.100. The summed E-state index contributed by atoms with van der Waals surface area (Å²) in [5.74, 6) is 0.100. The van der Waals surface area contributed by atoms with Gasteiger partial charge in [-0.15, -0.1) is 0 Å². The average Bonchev–Trinajstić information content (AvgIpc) is 3.26. The quantitative estimate of drug-likeness (QED) is 0.397. The van der Waals surface area contributed by atoms with E-state index >= 15 is 0 Å². The van der Waals surface area contributed by atoms with Crippen molar-refractivity contribution in [2.75, 3.05) is 44.2 Å². The van der Waals surface area contributed by atoms with Crippen molar-refractivity contribution in [2.45, 2.75) is 33.1 Å². The lowest BCUT2D eigenvalue weighted by Crippen LogP contribution is -2.47. The third-order valence-corrected chi connectivity index (χ3v) is 7.09. The van der Waals surface area contributed by atoms with Crippen LogP contribution in [0.2, 0.25) is 0 Å². The van der Waals surface area contributed by atoms with Crippen LogP contribution in [-0.2, 0) is 11.2 Å². The molecule has 1 saturated heterocycles. The number of hydrogen-bond donors (Lipinski definition) is 1. The van der Waals surface area contributed by atoms with Gasteiger partial charge in [0.15, 0.2) is 5.65 Å². The number of anilines is 1. The first-order valence-electron chi connectivity index (χ1n) is 12.6. The first-order chi connectivity index (χ1) is 17.1. The number of hydrogen-bond acceptors (Lipinski definition) is 5. The number of rotatable bonds is 8. The Kier molecular flexibility index (Phi) is 6.95. The molecule has 7 nitrogen and oxygen atoms in total. The summed E-state index contributed by atoms with van der Waals surface area (Å²) in [5, 5.41) is 8.88. The largest absolute Gasteiger partial charge is 0.369 e. The fourth-order valence-electron chi connectivity index (χ4n) is 5.06. The van der Waals surface area contributed by atoms with E-state index in [2.05, 4.69) is 58.4 Å². The number of nitrogens with one attached hydrogen (secondary N) is 1. The number of carbonyl (C=O) groups excluding carboxylic acids is 1. The Morgan fingerprint density at radius 1 is 0.971 bits per heavy atom. The lowest BCUT2D eigenvalue weighted by molar-refractivity contribution is -0.121.